The lowest BCUT2D eigenvalue weighted by Gasteiger charge is -2.33. The standard InChI is InChI=1S/C61H42N2/c1-5-20-43(21-6-1)44-36-38-48(39-37-44)62(46-24-9-3-10-25-46)49-40-41-52-51-29-13-16-31-54(51)61(57(52)42-49)55-32-17-14-30-53(55)60-56(61)33-19-35-59(60)63(47-26-11-4-12-27-47)58-34-18-15-28-50(58)45-22-7-2-8-23-45/h1-42H. The van der Waals surface area contributed by atoms with Crippen molar-refractivity contribution in [2.45, 2.75) is 5.41 Å². The van der Waals surface area contributed by atoms with E-state index in [0.29, 0.717) is 0 Å². The Morgan fingerprint density at radius 3 is 1.37 bits per heavy atom. The Bertz CT molecular complexity index is 3270. The van der Waals surface area contributed by atoms with Crippen molar-refractivity contribution in [2.24, 2.45) is 0 Å². The lowest BCUT2D eigenvalue weighted by Crippen LogP contribution is -2.26. The Labute approximate surface area is 369 Å². The molecule has 1 unspecified atom stereocenters. The van der Waals surface area contributed by atoms with Gasteiger partial charge >= 0.3 is 0 Å². The van der Waals surface area contributed by atoms with Crippen molar-refractivity contribution in [3.8, 4) is 44.5 Å². The molecule has 12 rings (SSSR count). The molecule has 0 saturated heterocycles. The minimum absolute atomic E-state index is 0.565. The first-order chi connectivity index (χ1) is 31.3. The van der Waals surface area contributed by atoms with Gasteiger partial charge in [-0.25, -0.2) is 0 Å². The molecule has 296 valence electrons. The summed E-state index contributed by atoms with van der Waals surface area (Å²) in [4.78, 5) is 4.88. The molecular weight excluding hydrogens is 761 g/mol. The molecule has 2 nitrogen and oxygen atoms in total. The van der Waals surface area contributed by atoms with Crippen molar-refractivity contribution in [2.75, 3.05) is 9.80 Å². The number of benzene rings is 10. The highest BCUT2D eigenvalue weighted by Gasteiger charge is 2.52. The Kier molecular flexibility index (Phi) is 8.76. The molecule has 2 aliphatic rings. The zero-order chi connectivity index (χ0) is 41.7. The molecule has 2 aliphatic carbocycles. The maximum atomic E-state index is 2.48. The second-order valence-electron chi connectivity index (χ2n) is 16.4. The fourth-order valence-corrected chi connectivity index (χ4v) is 10.5. The van der Waals surface area contributed by atoms with Crippen LogP contribution in [-0.2, 0) is 5.41 Å². The summed E-state index contributed by atoms with van der Waals surface area (Å²) in [5.41, 5.74) is 21.2. The van der Waals surface area contributed by atoms with Crippen LogP contribution in [0.4, 0.5) is 34.1 Å². The van der Waals surface area contributed by atoms with Gasteiger partial charge in [-0.2, -0.15) is 0 Å². The summed E-state index contributed by atoms with van der Waals surface area (Å²) in [6, 6.07) is 93.2. The van der Waals surface area contributed by atoms with Crippen LogP contribution in [0, 0.1) is 0 Å². The van der Waals surface area contributed by atoms with Gasteiger partial charge in [0, 0.05) is 33.9 Å². The predicted octanol–water partition coefficient (Wildman–Crippen LogP) is 16.3. The first kappa shape index (κ1) is 36.6. The van der Waals surface area contributed by atoms with E-state index < -0.39 is 5.41 Å². The molecule has 0 fully saturated rings. The van der Waals surface area contributed by atoms with Crippen molar-refractivity contribution in [3.63, 3.8) is 0 Å². The third-order valence-electron chi connectivity index (χ3n) is 13.1. The van der Waals surface area contributed by atoms with Crippen LogP contribution < -0.4 is 9.80 Å². The van der Waals surface area contributed by atoms with Crippen LogP contribution in [0.3, 0.4) is 0 Å². The lowest BCUT2D eigenvalue weighted by atomic mass is 9.70. The van der Waals surface area contributed by atoms with Gasteiger partial charge in [0.2, 0.25) is 0 Å². The third kappa shape index (κ3) is 5.80. The molecule has 2 heteroatoms. The van der Waals surface area contributed by atoms with Gasteiger partial charge in [-0.05, 0) is 116 Å². The minimum Gasteiger partial charge on any atom is -0.310 e. The van der Waals surface area contributed by atoms with Crippen molar-refractivity contribution in [1.82, 2.24) is 0 Å². The van der Waals surface area contributed by atoms with Crippen molar-refractivity contribution < 1.29 is 0 Å². The smallest absolute Gasteiger partial charge is 0.0727 e. The lowest BCUT2D eigenvalue weighted by molar-refractivity contribution is 0.793. The summed E-state index contributed by atoms with van der Waals surface area (Å²) >= 11 is 0. The Balaban J connectivity index is 1.10. The summed E-state index contributed by atoms with van der Waals surface area (Å²) < 4.78 is 0. The van der Waals surface area contributed by atoms with Crippen LogP contribution in [0.15, 0.2) is 255 Å². The second kappa shape index (κ2) is 15.1. The number of hydrogen-bond donors (Lipinski definition) is 0. The average molecular weight is 803 g/mol. The normalized spacial score (nSPS) is 14.1. The fraction of sp³-hybridized carbons (Fsp3) is 0.0164. The number of hydrogen-bond acceptors (Lipinski definition) is 2. The van der Waals surface area contributed by atoms with Gasteiger partial charge in [0.15, 0.2) is 0 Å². The SMILES string of the molecule is c1ccc(-c2ccc(N(c3ccccc3)c3ccc4c(c3)C3(c5ccccc5-4)c4ccccc4-c4c(N(c5ccccc5)c5ccccc5-c5ccccc5)cccc43)cc2)cc1. The number of rotatable bonds is 8. The van der Waals surface area contributed by atoms with Crippen LogP contribution in [0.2, 0.25) is 0 Å². The molecule has 0 saturated carbocycles. The number of nitrogens with zero attached hydrogens (tertiary/aromatic N) is 2. The van der Waals surface area contributed by atoms with Gasteiger partial charge in [0.05, 0.1) is 16.8 Å². The van der Waals surface area contributed by atoms with Gasteiger partial charge < -0.3 is 9.80 Å². The zero-order valence-corrected chi connectivity index (χ0v) is 34.6. The van der Waals surface area contributed by atoms with E-state index >= 15 is 0 Å². The zero-order valence-electron chi connectivity index (χ0n) is 34.6. The van der Waals surface area contributed by atoms with Crippen LogP contribution >= 0.6 is 0 Å². The summed E-state index contributed by atoms with van der Waals surface area (Å²) in [6.07, 6.45) is 0. The van der Waals surface area contributed by atoms with Gasteiger partial charge in [-0.15, -0.1) is 0 Å². The summed E-state index contributed by atoms with van der Waals surface area (Å²) in [5.74, 6) is 0. The van der Waals surface area contributed by atoms with Crippen molar-refractivity contribution in [3.05, 3.63) is 277 Å². The molecule has 1 spiro atoms. The van der Waals surface area contributed by atoms with E-state index in [4.69, 9.17) is 0 Å². The molecule has 0 aliphatic heterocycles. The quantitative estimate of drug-likeness (QED) is 0.151. The molecule has 0 heterocycles. The molecule has 0 amide bonds. The summed E-state index contributed by atoms with van der Waals surface area (Å²) in [6.45, 7) is 0. The highest BCUT2D eigenvalue weighted by Crippen LogP contribution is 2.65. The highest BCUT2D eigenvalue weighted by molar-refractivity contribution is 6.03. The van der Waals surface area contributed by atoms with Crippen LogP contribution in [0.25, 0.3) is 44.5 Å². The van der Waals surface area contributed by atoms with Crippen LogP contribution in [0.1, 0.15) is 22.3 Å². The largest absolute Gasteiger partial charge is 0.310 e. The first-order valence-corrected chi connectivity index (χ1v) is 21.8. The molecule has 0 bridgehead atoms. The molecule has 0 aromatic heterocycles. The van der Waals surface area contributed by atoms with Crippen LogP contribution in [-0.4, -0.2) is 0 Å². The molecule has 0 N–H and O–H groups in total. The maximum Gasteiger partial charge on any atom is 0.0727 e. The number of fused-ring (bicyclic) bond motifs is 10. The molecular formula is C61H42N2. The molecule has 10 aromatic carbocycles. The minimum atomic E-state index is -0.565. The highest BCUT2D eigenvalue weighted by atomic mass is 15.2. The van der Waals surface area contributed by atoms with Gasteiger partial charge in [0.1, 0.15) is 0 Å². The monoisotopic (exact) mass is 802 g/mol. The van der Waals surface area contributed by atoms with E-state index in [0.717, 1.165) is 34.1 Å². The van der Waals surface area contributed by atoms with E-state index in [1.54, 1.807) is 0 Å². The Hall–Kier alpha value is -8.20. The average Bonchev–Trinajstić information content (AvgIpc) is 3.83. The van der Waals surface area contributed by atoms with Crippen molar-refractivity contribution in [1.29, 1.82) is 0 Å². The molecule has 1 atom stereocenters. The molecule has 10 aromatic rings. The Morgan fingerprint density at radius 1 is 0.238 bits per heavy atom. The number of para-hydroxylation sites is 3. The maximum absolute atomic E-state index is 2.48. The first-order valence-electron chi connectivity index (χ1n) is 21.8. The van der Waals surface area contributed by atoms with E-state index in [1.165, 1.54) is 66.8 Å². The van der Waals surface area contributed by atoms with Gasteiger partial charge in [-0.3, -0.25) is 0 Å². The predicted molar refractivity (Wildman–Crippen MR) is 263 cm³/mol. The van der Waals surface area contributed by atoms with Gasteiger partial charge in [0.25, 0.3) is 0 Å². The summed E-state index contributed by atoms with van der Waals surface area (Å²) in [7, 11) is 0. The van der Waals surface area contributed by atoms with E-state index in [1.807, 2.05) is 0 Å². The van der Waals surface area contributed by atoms with E-state index in [9.17, 15) is 0 Å². The van der Waals surface area contributed by atoms with Gasteiger partial charge in [-0.1, -0.05) is 194 Å². The van der Waals surface area contributed by atoms with Crippen molar-refractivity contribution >= 4 is 34.1 Å². The second-order valence-corrected chi connectivity index (χ2v) is 16.4. The number of anilines is 6. The topological polar surface area (TPSA) is 6.48 Å². The van der Waals surface area contributed by atoms with E-state index in [-0.39, 0.29) is 0 Å². The third-order valence-corrected chi connectivity index (χ3v) is 13.1. The van der Waals surface area contributed by atoms with Crippen LogP contribution in [0.5, 0.6) is 0 Å². The van der Waals surface area contributed by atoms with E-state index in [2.05, 4.69) is 265 Å². The fourth-order valence-electron chi connectivity index (χ4n) is 10.5. The summed E-state index contributed by atoms with van der Waals surface area (Å²) in [5, 5.41) is 0. The molecule has 63 heavy (non-hydrogen) atoms. The Morgan fingerprint density at radius 2 is 0.683 bits per heavy atom. The molecule has 0 radical (unpaired) electrons.